The molecule has 0 heterocycles. The van der Waals surface area contributed by atoms with Crippen molar-refractivity contribution in [2.75, 3.05) is 10.6 Å². The van der Waals surface area contributed by atoms with Crippen molar-refractivity contribution < 1.29 is 14.4 Å². The summed E-state index contributed by atoms with van der Waals surface area (Å²) >= 11 is 4.85. The first-order valence-corrected chi connectivity index (χ1v) is 16.9. The van der Waals surface area contributed by atoms with Crippen molar-refractivity contribution in [2.45, 2.75) is 10.1 Å². The minimum Gasteiger partial charge on any atom is -0.324 e. The molecule has 48 heavy (non-hydrogen) atoms. The van der Waals surface area contributed by atoms with Gasteiger partial charge in [0, 0.05) is 31.7 Å². The summed E-state index contributed by atoms with van der Waals surface area (Å²) in [6.45, 7) is 0. The fraction of sp³-hybridized carbons (Fsp3) is 0.0250. The van der Waals surface area contributed by atoms with Crippen LogP contribution in [0.1, 0.15) is 26.7 Å². The quantitative estimate of drug-likeness (QED) is 0.0976. The molecule has 6 rings (SSSR count). The van der Waals surface area contributed by atoms with E-state index in [1.54, 1.807) is 42.5 Å². The number of carbonyl (C=O) groups is 3. The van der Waals surface area contributed by atoms with Crippen molar-refractivity contribution in [3.05, 3.63) is 179 Å². The Hall–Kier alpha value is -5.44. The monoisotopic (exact) mass is 711 g/mol. The number of halogens is 1. The van der Waals surface area contributed by atoms with Crippen LogP contribution in [0.4, 0.5) is 11.4 Å². The van der Waals surface area contributed by atoms with Gasteiger partial charge in [-0.15, -0.1) is 11.8 Å². The van der Waals surface area contributed by atoms with Gasteiger partial charge in [0.1, 0.15) is 10.9 Å². The summed E-state index contributed by atoms with van der Waals surface area (Å²) < 4.78 is 0.900. The van der Waals surface area contributed by atoms with Gasteiger partial charge in [0.05, 0.1) is 0 Å². The van der Waals surface area contributed by atoms with E-state index < -0.39 is 17.1 Å². The lowest BCUT2D eigenvalue weighted by atomic mass is 10.1. The van der Waals surface area contributed by atoms with Crippen LogP contribution in [0.3, 0.4) is 0 Å². The molecule has 6 aromatic carbocycles. The molecule has 0 radical (unpaired) electrons. The average Bonchev–Trinajstić information content (AvgIpc) is 3.12. The van der Waals surface area contributed by atoms with Crippen LogP contribution in [-0.4, -0.2) is 17.7 Å². The zero-order chi connectivity index (χ0) is 33.3. The molecule has 6 aromatic rings. The minimum absolute atomic E-state index is 0.0962. The van der Waals surface area contributed by atoms with Crippen LogP contribution in [0.2, 0.25) is 0 Å². The van der Waals surface area contributed by atoms with Crippen molar-refractivity contribution in [3.63, 3.8) is 0 Å². The van der Waals surface area contributed by atoms with Gasteiger partial charge in [0.2, 0.25) is 5.91 Å². The van der Waals surface area contributed by atoms with Crippen molar-refractivity contribution in [2.24, 2.45) is 0 Å². The Balaban J connectivity index is 1.19. The zero-order valence-electron chi connectivity index (χ0n) is 25.6. The predicted octanol–water partition coefficient (Wildman–Crippen LogP) is 9.48. The maximum absolute atomic E-state index is 13.8. The Morgan fingerprint density at radius 3 is 2.02 bits per heavy atom. The van der Waals surface area contributed by atoms with Crippen LogP contribution in [0.5, 0.6) is 0 Å². The number of anilines is 2. The highest BCUT2D eigenvalue weighted by atomic mass is 79.9. The number of carbonyl (C=O) groups excluding carboxylic acids is 3. The molecular weight excluding hydrogens is 682 g/mol. The summed E-state index contributed by atoms with van der Waals surface area (Å²) in [6, 6.07) is 46.9. The highest BCUT2D eigenvalue weighted by molar-refractivity contribution is 9.10. The van der Waals surface area contributed by atoms with E-state index >= 15 is 0 Å². The maximum atomic E-state index is 13.8. The summed E-state index contributed by atoms with van der Waals surface area (Å²) in [7, 11) is 0. The SMILES string of the molecule is O=C(Nc1ccc(SC(C(=O)Nc2cccc3ccccc23)c2ccccc2)cc1)/C(=C/c1ccc(Br)cc1)NC(=O)c1ccccc1. The molecule has 236 valence electrons. The molecule has 6 nitrogen and oxygen atoms in total. The van der Waals surface area contributed by atoms with Gasteiger partial charge in [0.15, 0.2) is 0 Å². The van der Waals surface area contributed by atoms with Crippen molar-refractivity contribution in [1.29, 1.82) is 0 Å². The number of fused-ring (bicyclic) bond motifs is 1. The summed E-state index contributed by atoms with van der Waals surface area (Å²) in [5.74, 6) is -1.01. The van der Waals surface area contributed by atoms with Crippen LogP contribution in [0.15, 0.2) is 167 Å². The summed E-state index contributed by atoms with van der Waals surface area (Å²) in [5.41, 5.74) is 3.44. The lowest BCUT2D eigenvalue weighted by Crippen LogP contribution is -2.30. The van der Waals surface area contributed by atoms with Crippen LogP contribution >= 0.6 is 27.7 Å². The second kappa shape index (κ2) is 15.4. The largest absolute Gasteiger partial charge is 0.324 e. The number of hydrogen-bond donors (Lipinski definition) is 3. The van der Waals surface area contributed by atoms with E-state index in [0.717, 1.165) is 37.0 Å². The first kappa shape index (κ1) is 32.5. The van der Waals surface area contributed by atoms with E-state index in [1.807, 2.05) is 115 Å². The van der Waals surface area contributed by atoms with Crippen LogP contribution < -0.4 is 16.0 Å². The van der Waals surface area contributed by atoms with E-state index in [4.69, 9.17) is 0 Å². The Morgan fingerprint density at radius 1 is 0.646 bits per heavy atom. The van der Waals surface area contributed by atoms with E-state index in [2.05, 4.69) is 31.9 Å². The maximum Gasteiger partial charge on any atom is 0.272 e. The van der Waals surface area contributed by atoms with Gasteiger partial charge < -0.3 is 16.0 Å². The zero-order valence-corrected chi connectivity index (χ0v) is 28.0. The van der Waals surface area contributed by atoms with Gasteiger partial charge in [-0.05, 0) is 77.2 Å². The number of rotatable bonds is 10. The van der Waals surface area contributed by atoms with Gasteiger partial charge in [-0.25, -0.2) is 0 Å². The third-order valence-electron chi connectivity index (χ3n) is 7.46. The van der Waals surface area contributed by atoms with Crippen LogP contribution in [-0.2, 0) is 9.59 Å². The highest BCUT2D eigenvalue weighted by Crippen LogP contribution is 2.37. The van der Waals surface area contributed by atoms with Gasteiger partial charge in [0.25, 0.3) is 11.8 Å². The smallest absolute Gasteiger partial charge is 0.272 e. The van der Waals surface area contributed by atoms with Gasteiger partial charge >= 0.3 is 0 Å². The molecule has 0 saturated carbocycles. The third-order valence-corrected chi connectivity index (χ3v) is 9.26. The van der Waals surface area contributed by atoms with E-state index in [9.17, 15) is 14.4 Å². The Kier molecular flexibility index (Phi) is 10.4. The van der Waals surface area contributed by atoms with E-state index in [1.165, 1.54) is 11.8 Å². The molecule has 0 fully saturated rings. The Labute approximate surface area is 291 Å². The molecule has 3 amide bonds. The first-order chi connectivity index (χ1) is 23.4. The average molecular weight is 713 g/mol. The van der Waals surface area contributed by atoms with Crippen molar-refractivity contribution in [1.82, 2.24) is 5.32 Å². The number of hydrogen-bond acceptors (Lipinski definition) is 4. The fourth-order valence-electron chi connectivity index (χ4n) is 5.05. The van der Waals surface area contributed by atoms with E-state index in [-0.39, 0.29) is 11.6 Å². The molecule has 0 aliphatic rings. The lowest BCUT2D eigenvalue weighted by molar-refractivity contribution is -0.116. The molecule has 0 saturated heterocycles. The Morgan fingerprint density at radius 2 is 1.29 bits per heavy atom. The summed E-state index contributed by atoms with van der Waals surface area (Å²) in [6.07, 6.45) is 1.63. The second-order valence-corrected chi connectivity index (χ2v) is 12.9. The predicted molar refractivity (Wildman–Crippen MR) is 199 cm³/mol. The number of thioether (sulfide) groups is 1. The standard InChI is InChI=1S/C40H30BrN3O3S/c41-31-20-18-27(19-21-31)26-36(44-38(45)30-13-5-2-6-14-30)39(46)42-32-22-24-33(25-23-32)48-37(29-11-3-1-4-12-29)40(47)43-35-17-9-15-28-10-7-8-16-34(28)35/h1-26,37H,(H,42,46)(H,43,47)(H,44,45)/b36-26-. The molecule has 0 spiro atoms. The third kappa shape index (κ3) is 8.28. The fourth-order valence-corrected chi connectivity index (χ4v) is 6.34. The second-order valence-electron chi connectivity index (χ2n) is 10.8. The van der Waals surface area contributed by atoms with E-state index in [0.29, 0.717) is 11.3 Å². The lowest BCUT2D eigenvalue weighted by Gasteiger charge is -2.18. The van der Waals surface area contributed by atoms with Crippen LogP contribution in [0, 0.1) is 0 Å². The van der Waals surface area contributed by atoms with Gasteiger partial charge in [-0.3, -0.25) is 14.4 Å². The molecule has 3 N–H and O–H groups in total. The molecule has 8 heteroatoms. The highest BCUT2D eigenvalue weighted by Gasteiger charge is 2.23. The van der Waals surface area contributed by atoms with Gasteiger partial charge in [-0.2, -0.15) is 0 Å². The van der Waals surface area contributed by atoms with Gasteiger partial charge in [-0.1, -0.05) is 113 Å². The number of benzene rings is 6. The molecular formula is C40H30BrN3O3S. The minimum atomic E-state index is -0.528. The van der Waals surface area contributed by atoms with Crippen molar-refractivity contribution >= 4 is 73.6 Å². The molecule has 1 atom stereocenters. The summed E-state index contributed by atoms with van der Waals surface area (Å²) in [4.78, 5) is 41.1. The molecule has 0 bridgehead atoms. The van der Waals surface area contributed by atoms with Crippen molar-refractivity contribution in [3.8, 4) is 0 Å². The molecule has 0 aliphatic heterocycles. The first-order valence-electron chi connectivity index (χ1n) is 15.2. The number of amides is 3. The number of nitrogens with one attached hydrogen (secondary N) is 3. The molecule has 1 unspecified atom stereocenters. The summed E-state index contributed by atoms with van der Waals surface area (Å²) in [5, 5.41) is 10.3. The molecule has 0 aromatic heterocycles. The normalized spacial score (nSPS) is 11.8. The topological polar surface area (TPSA) is 87.3 Å². The molecule has 0 aliphatic carbocycles. The Bertz CT molecular complexity index is 2080. The van der Waals surface area contributed by atoms with Crippen LogP contribution in [0.25, 0.3) is 16.8 Å².